The van der Waals surface area contributed by atoms with E-state index in [-0.39, 0.29) is 5.91 Å². The Labute approximate surface area is 123 Å². The first kappa shape index (κ1) is 14.5. The van der Waals surface area contributed by atoms with Crippen LogP contribution in [0.15, 0.2) is 24.4 Å². The zero-order valence-corrected chi connectivity index (χ0v) is 12.5. The SMILES string of the molecule is CCc1ncc(C(=O)Nc2cccc(Cl)c2C)c(C)n1. The molecule has 0 bridgehead atoms. The minimum absolute atomic E-state index is 0.226. The first-order valence-corrected chi connectivity index (χ1v) is 6.79. The summed E-state index contributed by atoms with van der Waals surface area (Å²) in [6.45, 7) is 5.64. The summed E-state index contributed by atoms with van der Waals surface area (Å²) in [5.41, 5.74) is 2.68. The third-order valence-corrected chi connectivity index (χ3v) is 3.52. The summed E-state index contributed by atoms with van der Waals surface area (Å²) in [4.78, 5) is 20.7. The Balaban J connectivity index is 2.26. The number of amides is 1. The van der Waals surface area contributed by atoms with E-state index in [9.17, 15) is 4.79 Å². The largest absolute Gasteiger partial charge is 0.322 e. The maximum Gasteiger partial charge on any atom is 0.259 e. The van der Waals surface area contributed by atoms with Crippen molar-refractivity contribution in [1.82, 2.24) is 9.97 Å². The van der Waals surface area contributed by atoms with E-state index in [1.165, 1.54) is 0 Å². The molecule has 0 saturated carbocycles. The first-order valence-electron chi connectivity index (χ1n) is 6.42. The van der Waals surface area contributed by atoms with Crippen molar-refractivity contribution in [1.29, 1.82) is 0 Å². The minimum atomic E-state index is -0.226. The number of halogens is 1. The number of benzene rings is 1. The molecule has 0 aliphatic carbocycles. The fraction of sp³-hybridized carbons (Fsp3) is 0.267. The molecule has 1 aromatic heterocycles. The maximum atomic E-state index is 12.3. The third-order valence-electron chi connectivity index (χ3n) is 3.11. The predicted octanol–water partition coefficient (Wildman–Crippen LogP) is 3.56. The van der Waals surface area contributed by atoms with Crippen molar-refractivity contribution in [3.05, 3.63) is 52.1 Å². The van der Waals surface area contributed by atoms with Crippen LogP contribution in [0.1, 0.15) is 34.4 Å². The molecule has 0 aliphatic heterocycles. The van der Waals surface area contributed by atoms with Crippen molar-refractivity contribution in [2.45, 2.75) is 27.2 Å². The maximum absolute atomic E-state index is 12.3. The Morgan fingerprint density at radius 2 is 2.10 bits per heavy atom. The van der Waals surface area contributed by atoms with E-state index in [0.29, 0.717) is 22.0 Å². The quantitative estimate of drug-likeness (QED) is 0.940. The van der Waals surface area contributed by atoms with Gasteiger partial charge in [0.05, 0.1) is 11.3 Å². The molecule has 2 rings (SSSR count). The van der Waals surface area contributed by atoms with Crippen LogP contribution in [0.4, 0.5) is 5.69 Å². The van der Waals surface area contributed by atoms with Crippen LogP contribution >= 0.6 is 11.6 Å². The Bertz CT molecular complexity index is 656. The highest BCUT2D eigenvalue weighted by molar-refractivity contribution is 6.31. The predicted molar refractivity (Wildman–Crippen MR) is 80.3 cm³/mol. The summed E-state index contributed by atoms with van der Waals surface area (Å²) in [5.74, 6) is 0.508. The van der Waals surface area contributed by atoms with Gasteiger partial charge < -0.3 is 5.32 Å². The average molecular weight is 290 g/mol. The highest BCUT2D eigenvalue weighted by atomic mass is 35.5. The van der Waals surface area contributed by atoms with Crippen molar-refractivity contribution in [2.75, 3.05) is 5.32 Å². The molecule has 0 spiro atoms. The highest BCUT2D eigenvalue weighted by Gasteiger charge is 2.13. The van der Waals surface area contributed by atoms with Gasteiger partial charge in [-0.1, -0.05) is 24.6 Å². The van der Waals surface area contributed by atoms with Crippen molar-refractivity contribution in [3.8, 4) is 0 Å². The summed E-state index contributed by atoms with van der Waals surface area (Å²) in [6.07, 6.45) is 2.31. The molecule has 1 amide bonds. The van der Waals surface area contributed by atoms with Crippen LogP contribution in [0, 0.1) is 13.8 Å². The van der Waals surface area contributed by atoms with Gasteiger partial charge in [0.15, 0.2) is 0 Å². The second-order valence-electron chi connectivity index (χ2n) is 4.51. The summed E-state index contributed by atoms with van der Waals surface area (Å²) >= 11 is 6.04. The second-order valence-corrected chi connectivity index (χ2v) is 4.91. The number of aryl methyl sites for hydroxylation is 2. The molecule has 1 aromatic carbocycles. The topological polar surface area (TPSA) is 54.9 Å². The molecule has 4 nitrogen and oxygen atoms in total. The number of hydrogen-bond donors (Lipinski definition) is 1. The lowest BCUT2D eigenvalue weighted by molar-refractivity contribution is 0.102. The zero-order chi connectivity index (χ0) is 14.7. The van der Waals surface area contributed by atoms with E-state index in [1.54, 1.807) is 25.3 Å². The normalized spacial score (nSPS) is 10.4. The molecule has 2 aromatic rings. The van der Waals surface area contributed by atoms with Crippen molar-refractivity contribution < 1.29 is 4.79 Å². The van der Waals surface area contributed by atoms with Gasteiger partial charge in [-0.15, -0.1) is 0 Å². The van der Waals surface area contributed by atoms with Gasteiger partial charge in [0, 0.05) is 23.3 Å². The molecule has 1 N–H and O–H groups in total. The molecule has 0 fully saturated rings. The second kappa shape index (κ2) is 6.01. The van der Waals surface area contributed by atoms with Crippen molar-refractivity contribution in [3.63, 3.8) is 0 Å². The summed E-state index contributed by atoms with van der Waals surface area (Å²) < 4.78 is 0. The minimum Gasteiger partial charge on any atom is -0.322 e. The first-order chi connectivity index (χ1) is 9.52. The molecule has 1 heterocycles. The van der Waals surface area contributed by atoms with Crippen LogP contribution in [-0.2, 0) is 6.42 Å². The molecule has 0 unspecified atom stereocenters. The number of hydrogen-bond acceptors (Lipinski definition) is 3. The van der Waals surface area contributed by atoms with E-state index in [1.807, 2.05) is 19.9 Å². The summed E-state index contributed by atoms with van der Waals surface area (Å²) in [7, 11) is 0. The molecule has 0 radical (unpaired) electrons. The molecule has 5 heteroatoms. The number of aromatic nitrogens is 2. The van der Waals surface area contributed by atoms with Gasteiger partial charge in [0.1, 0.15) is 5.82 Å². The molecule has 0 aliphatic rings. The van der Waals surface area contributed by atoms with Crippen LogP contribution in [-0.4, -0.2) is 15.9 Å². The van der Waals surface area contributed by atoms with E-state index in [2.05, 4.69) is 15.3 Å². The third kappa shape index (κ3) is 2.96. The summed E-state index contributed by atoms with van der Waals surface area (Å²) in [6, 6.07) is 5.40. The lowest BCUT2D eigenvalue weighted by Gasteiger charge is -2.10. The van der Waals surface area contributed by atoms with E-state index in [4.69, 9.17) is 11.6 Å². The van der Waals surface area contributed by atoms with Gasteiger partial charge in [-0.25, -0.2) is 9.97 Å². The van der Waals surface area contributed by atoms with Crippen LogP contribution in [0.3, 0.4) is 0 Å². The van der Waals surface area contributed by atoms with E-state index < -0.39 is 0 Å². The number of rotatable bonds is 3. The standard InChI is InChI=1S/C15H16ClN3O/c1-4-14-17-8-11(10(3)18-14)15(20)19-13-7-5-6-12(16)9(13)2/h5-8H,4H2,1-3H3,(H,19,20). The average Bonchev–Trinajstić information content (AvgIpc) is 2.43. The molecular weight excluding hydrogens is 274 g/mol. The fourth-order valence-corrected chi connectivity index (χ4v) is 2.02. The Morgan fingerprint density at radius 3 is 2.75 bits per heavy atom. The number of anilines is 1. The Hall–Kier alpha value is -1.94. The van der Waals surface area contributed by atoms with Gasteiger partial charge in [-0.2, -0.15) is 0 Å². The number of carbonyl (C=O) groups excluding carboxylic acids is 1. The zero-order valence-electron chi connectivity index (χ0n) is 11.7. The Kier molecular flexibility index (Phi) is 4.35. The van der Waals surface area contributed by atoms with Gasteiger partial charge in [-0.05, 0) is 31.5 Å². The van der Waals surface area contributed by atoms with Gasteiger partial charge in [-0.3, -0.25) is 4.79 Å². The van der Waals surface area contributed by atoms with Crippen molar-refractivity contribution in [2.24, 2.45) is 0 Å². The molecule has 104 valence electrons. The summed E-state index contributed by atoms with van der Waals surface area (Å²) in [5, 5.41) is 3.46. The number of nitrogens with one attached hydrogen (secondary N) is 1. The number of nitrogens with zero attached hydrogens (tertiary/aromatic N) is 2. The van der Waals surface area contributed by atoms with Gasteiger partial charge in [0.2, 0.25) is 0 Å². The highest BCUT2D eigenvalue weighted by Crippen LogP contribution is 2.23. The molecule has 0 atom stereocenters. The lowest BCUT2D eigenvalue weighted by atomic mass is 10.1. The smallest absolute Gasteiger partial charge is 0.259 e. The Morgan fingerprint density at radius 1 is 1.35 bits per heavy atom. The van der Waals surface area contributed by atoms with E-state index >= 15 is 0 Å². The van der Waals surface area contributed by atoms with Crippen LogP contribution in [0.2, 0.25) is 5.02 Å². The lowest BCUT2D eigenvalue weighted by Crippen LogP contribution is -2.16. The molecular formula is C15H16ClN3O. The molecule has 0 saturated heterocycles. The van der Waals surface area contributed by atoms with Crippen LogP contribution in [0.5, 0.6) is 0 Å². The monoisotopic (exact) mass is 289 g/mol. The van der Waals surface area contributed by atoms with Crippen LogP contribution < -0.4 is 5.32 Å². The van der Waals surface area contributed by atoms with E-state index in [0.717, 1.165) is 17.8 Å². The van der Waals surface area contributed by atoms with Crippen LogP contribution in [0.25, 0.3) is 0 Å². The number of carbonyl (C=O) groups is 1. The van der Waals surface area contributed by atoms with Gasteiger partial charge >= 0.3 is 0 Å². The van der Waals surface area contributed by atoms with Crippen molar-refractivity contribution >= 4 is 23.2 Å². The van der Waals surface area contributed by atoms with Gasteiger partial charge in [0.25, 0.3) is 5.91 Å². The molecule has 20 heavy (non-hydrogen) atoms. The fourth-order valence-electron chi connectivity index (χ4n) is 1.84.